The van der Waals surface area contributed by atoms with E-state index in [-0.39, 0.29) is 12.2 Å². The second kappa shape index (κ2) is 6.78. The number of carboxylic acid groups (broad SMARTS) is 1. The lowest BCUT2D eigenvalue weighted by atomic mass is 10.1. The number of alkyl halides is 2. The predicted octanol–water partition coefficient (Wildman–Crippen LogP) is 2.83. The quantitative estimate of drug-likeness (QED) is 0.616. The molecule has 0 aliphatic carbocycles. The Balaban J connectivity index is 3.25. The van der Waals surface area contributed by atoms with Crippen LogP contribution in [0.5, 0.6) is 0 Å². The smallest absolute Gasteiger partial charge is 0.323 e. The topological polar surface area (TPSA) is 83.7 Å². The monoisotopic (exact) mass is 288 g/mol. The third kappa shape index (κ3) is 3.87. The zero-order valence-electron chi connectivity index (χ0n) is 10.8. The number of hydrogen-bond donors (Lipinski definition) is 1. The van der Waals surface area contributed by atoms with Gasteiger partial charge in [-0.1, -0.05) is 6.92 Å². The van der Waals surface area contributed by atoms with E-state index in [1.807, 2.05) is 0 Å². The number of carboxylic acids is 1. The summed E-state index contributed by atoms with van der Waals surface area (Å²) in [6, 6.07) is 3.04. The van der Waals surface area contributed by atoms with E-state index in [9.17, 15) is 23.7 Å². The molecule has 0 radical (unpaired) electrons. The van der Waals surface area contributed by atoms with Crippen LogP contribution in [0, 0.1) is 10.1 Å². The standard InChI is InChI=1S/C12H14F2N2O4/c1-2-5-15(7-11(17)18)10-4-3-8(16(19)20)6-9(10)12(13)14/h3-4,6,12H,2,5,7H2,1H3,(H,17,18). The molecule has 0 unspecified atom stereocenters. The van der Waals surface area contributed by atoms with Gasteiger partial charge < -0.3 is 10.0 Å². The second-order valence-corrected chi connectivity index (χ2v) is 4.12. The van der Waals surface area contributed by atoms with E-state index in [0.717, 1.165) is 18.2 Å². The third-order valence-corrected chi connectivity index (χ3v) is 2.62. The average molecular weight is 288 g/mol. The molecule has 0 aromatic heterocycles. The number of halogens is 2. The summed E-state index contributed by atoms with van der Waals surface area (Å²) < 4.78 is 26.0. The summed E-state index contributed by atoms with van der Waals surface area (Å²) in [6.07, 6.45) is -2.36. The highest BCUT2D eigenvalue weighted by Gasteiger charge is 2.22. The van der Waals surface area contributed by atoms with E-state index in [1.165, 1.54) is 4.90 Å². The number of benzene rings is 1. The molecule has 0 saturated heterocycles. The Morgan fingerprint density at radius 1 is 1.50 bits per heavy atom. The molecule has 8 heteroatoms. The fraction of sp³-hybridized carbons (Fsp3) is 0.417. The van der Waals surface area contributed by atoms with Crippen molar-refractivity contribution in [3.8, 4) is 0 Å². The highest BCUT2D eigenvalue weighted by atomic mass is 19.3. The van der Waals surface area contributed by atoms with Crippen LogP contribution < -0.4 is 4.90 Å². The van der Waals surface area contributed by atoms with Crippen molar-refractivity contribution in [1.82, 2.24) is 0 Å². The van der Waals surface area contributed by atoms with Crippen molar-refractivity contribution in [2.75, 3.05) is 18.0 Å². The lowest BCUT2D eigenvalue weighted by Gasteiger charge is -2.24. The highest BCUT2D eigenvalue weighted by molar-refractivity contribution is 5.74. The van der Waals surface area contributed by atoms with Crippen LogP contribution in [0.25, 0.3) is 0 Å². The van der Waals surface area contributed by atoms with Gasteiger partial charge >= 0.3 is 5.97 Å². The molecule has 0 aliphatic heterocycles. The van der Waals surface area contributed by atoms with E-state index in [0.29, 0.717) is 6.42 Å². The molecule has 20 heavy (non-hydrogen) atoms. The van der Waals surface area contributed by atoms with Crippen LogP contribution in [0.2, 0.25) is 0 Å². The fourth-order valence-corrected chi connectivity index (χ4v) is 1.84. The number of anilines is 1. The van der Waals surface area contributed by atoms with Crippen LogP contribution in [0.15, 0.2) is 18.2 Å². The number of rotatable bonds is 7. The molecule has 0 saturated carbocycles. The van der Waals surface area contributed by atoms with Crippen molar-refractivity contribution >= 4 is 17.3 Å². The Kier molecular flexibility index (Phi) is 5.36. The summed E-state index contributed by atoms with van der Waals surface area (Å²) in [6.45, 7) is 1.61. The maximum Gasteiger partial charge on any atom is 0.323 e. The normalized spacial score (nSPS) is 10.6. The van der Waals surface area contributed by atoms with Crippen molar-refractivity contribution in [3.63, 3.8) is 0 Å². The molecule has 0 aliphatic rings. The van der Waals surface area contributed by atoms with Crippen LogP contribution >= 0.6 is 0 Å². The summed E-state index contributed by atoms with van der Waals surface area (Å²) in [4.78, 5) is 21.9. The Morgan fingerprint density at radius 3 is 2.60 bits per heavy atom. The van der Waals surface area contributed by atoms with Crippen LogP contribution in [0.4, 0.5) is 20.2 Å². The zero-order valence-corrected chi connectivity index (χ0v) is 10.8. The van der Waals surface area contributed by atoms with Gasteiger partial charge in [-0.25, -0.2) is 8.78 Å². The lowest BCUT2D eigenvalue weighted by molar-refractivity contribution is -0.385. The Morgan fingerprint density at radius 2 is 2.15 bits per heavy atom. The van der Waals surface area contributed by atoms with Crippen molar-refractivity contribution in [2.24, 2.45) is 0 Å². The fourth-order valence-electron chi connectivity index (χ4n) is 1.84. The third-order valence-electron chi connectivity index (χ3n) is 2.62. The van der Waals surface area contributed by atoms with Gasteiger partial charge in [-0.15, -0.1) is 0 Å². The number of nitro benzene ring substituents is 1. The van der Waals surface area contributed by atoms with Crippen molar-refractivity contribution < 1.29 is 23.6 Å². The van der Waals surface area contributed by atoms with Gasteiger partial charge in [0, 0.05) is 29.9 Å². The number of nitrogens with zero attached hydrogens (tertiary/aromatic N) is 2. The summed E-state index contributed by atoms with van der Waals surface area (Å²) >= 11 is 0. The Labute approximate surface area is 113 Å². The van der Waals surface area contributed by atoms with Gasteiger partial charge in [0.15, 0.2) is 0 Å². The molecular formula is C12H14F2N2O4. The van der Waals surface area contributed by atoms with E-state index in [1.54, 1.807) is 6.92 Å². The van der Waals surface area contributed by atoms with Gasteiger partial charge in [-0.3, -0.25) is 14.9 Å². The van der Waals surface area contributed by atoms with Crippen LogP contribution in [-0.4, -0.2) is 29.1 Å². The minimum atomic E-state index is -2.92. The van der Waals surface area contributed by atoms with Gasteiger partial charge in [0.05, 0.1) is 4.92 Å². The SMILES string of the molecule is CCCN(CC(=O)O)c1ccc([N+](=O)[O-])cc1C(F)F. The van der Waals surface area contributed by atoms with Gasteiger partial charge in [-0.05, 0) is 12.5 Å². The average Bonchev–Trinajstić information content (AvgIpc) is 2.36. The van der Waals surface area contributed by atoms with E-state index in [2.05, 4.69) is 0 Å². The Bertz CT molecular complexity index is 508. The molecule has 1 aromatic rings. The maximum absolute atomic E-state index is 13.0. The van der Waals surface area contributed by atoms with E-state index >= 15 is 0 Å². The predicted molar refractivity (Wildman–Crippen MR) is 68.2 cm³/mol. The first kappa shape index (κ1) is 15.8. The molecule has 0 spiro atoms. The molecule has 1 N–H and O–H groups in total. The molecule has 0 atom stereocenters. The summed E-state index contributed by atoms with van der Waals surface area (Å²) in [5.74, 6) is -1.16. The van der Waals surface area contributed by atoms with Gasteiger partial charge in [-0.2, -0.15) is 0 Å². The van der Waals surface area contributed by atoms with Crippen molar-refractivity contribution in [3.05, 3.63) is 33.9 Å². The van der Waals surface area contributed by atoms with Gasteiger partial charge in [0.25, 0.3) is 12.1 Å². The van der Waals surface area contributed by atoms with Crippen LogP contribution in [-0.2, 0) is 4.79 Å². The first-order valence-corrected chi connectivity index (χ1v) is 5.90. The molecular weight excluding hydrogens is 274 g/mol. The summed E-state index contributed by atoms with van der Waals surface area (Å²) in [7, 11) is 0. The van der Waals surface area contributed by atoms with Crippen LogP contribution in [0.1, 0.15) is 25.3 Å². The first-order valence-electron chi connectivity index (χ1n) is 5.90. The number of hydrogen-bond acceptors (Lipinski definition) is 4. The van der Waals surface area contributed by atoms with E-state index in [4.69, 9.17) is 5.11 Å². The molecule has 6 nitrogen and oxygen atoms in total. The molecule has 0 fully saturated rings. The van der Waals surface area contributed by atoms with Crippen molar-refractivity contribution in [1.29, 1.82) is 0 Å². The molecule has 1 rings (SSSR count). The second-order valence-electron chi connectivity index (χ2n) is 4.12. The van der Waals surface area contributed by atoms with Crippen LogP contribution in [0.3, 0.4) is 0 Å². The minimum absolute atomic E-state index is 0.00912. The summed E-state index contributed by atoms with van der Waals surface area (Å²) in [5, 5.41) is 19.4. The summed E-state index contributed by atoms with van der Waals surface area (Å²) in [5.41, 5.74) is -0.973. The number of carbonyl (C=O) groups is 1. The number of nitro groups is 1. The number of aliphatic carboxylic acids is 1. The maximum atomic E-state index is 13.0. The molecule has 0 heterocycles. The van der Waals surface area contributed by atoms with Gasteiger partial charge in [0.1, 0.15) is 6.54 Å². The zero-order chi connectivity index (χ0) is 15.3. The molecule has 1 aromatic carbocycles. The molecule has 0 amide bonds. The van der Waals surface area contributed by atoms with E-state index < -0.39 is 35.1 Å². The Hall–Kier alpha value is -2.25. The largest absolute Gasteiger partial charge is 0.480 e. The highest BCUT2D eigenvalue weighted by Crippen LogP contribution is 2.33. The molecule has 110 valence electrons. The molecule has 0 bridgehead atoms. The first-order chi connectivity index (χ1) is 9.36. The lowest BCUT2D eigenvalue weighted by Crippen LogP contribution is -2.31. The van der Waals surface area contributed by atoms with Crippen molar-refractivity contribution in [2.45, 2.75) is 19.8 Å². The number of non-ortho nitro benzene ring substituents is 1. The van der Waals surface area contributed by atoms with Gasteiger partial charge in [0.2, 0.25) is 0 Å². The minimum Gasteiger partial charge on any atom is -0.480 e.